The number of methoxy groups -OCH3 is 2. The van der Waals surface area contributed by atoms with Crippen molar-refractivity contribution < 1.29 is 31.5 Å². The Morgan fingerprint density at radius 2 is 1.70 bits per heavy atom. The fraction of sp³-hybridized carbons (Fsp3) is 0.136. The van der Waals surface area contributed by atoms with E-state index < -0.39 is 27.6 Å². The van der Waals surface area contributed by atoms with Gasteiger partial charge >= 0.3 is 0 Å². The van der Waals surface area contributed by atoms with Crippen LogP contribution in [-0.2, 0) is 10.0 Å². The zero-order valence-electron chi connectivity index (χ0n) is 17.7. The van der Waals surface area contributed by atoms with Crippen molar-refractivity contribution in [2.24, 2.45) is 0 Å². The van der Waals surface area contributed by atoms with Gasteiger partial charge in [0.1, 0.15) is 23.1 Å². The summed E-state index contributed by atoms with van der Waals surface area (Å²) >= 11 is 6.16. The normalized spacial score (nSPS) is 11.1. The van der Waals surface area contributed by atoms with Crippen LogP contribution >= 0.6 is 11.6 Å². The summed E-state index contributed by atoms with van der Waals surface area (Å²) in [7, 11) is -0.0721. The van der Waals surface area contributed by atoms with E-state index in [4.69, 9.17) is 21.1 Å². The Bertz CT molecular complexity index is 1320. The summed E-state index contributed by atoms with van der Waals surface area (Å²) in [6.07, 6.45) is 0. The van der Waals surface area contributed by atoms with Gasteiger partial charge in [0.25, 0.3) is 15.9 Å². The highest BCUT2D eigenvalue weighted by molar-refractivity contribution is 7.92. The molecule has 0 aliphatic carbocycles. The third-order valence-electron chi connectivity index (χ3n) is 4.73. The summed E-state index contributed by atoms with van der Waals surface area (Å²) < 4.78 is 64.8. The number of carbonyl (C=O) groups is 1. The molecule has 0 saturated heterocycles. The minimum Gasteiger partial charge on any atom is -0.495 e. The molecule has 1 N–H and O–H groups in total. The number of rotatable bonds is 7. The number of benzene rings is 3. The van der Waals surface area contributed by atoms with Crippen LogP contribution in [0.2, 0.25) is 5.02 Å². The molecule has 0 atom stereocenters. The van der Waals surface area contributed by atoms with Crippen molar-refractivity contribution in [3.63, 3.8) is 0 Å². The van der Waals surface area contributed by atoms with E-state index in [1.165, 1.54) is 51.6 Å². The first-order chi connectivity index (χ1) is 15.6. The van der Waals surface area contributed by atoms with E-state index in [2.05, 4.69) is 5.32 Å². The molecule has 0 fully saturated rings. The average Bonchev–Trinajstić information content (AvgIpc) is 2.80. The molecule has 1 amide bonds. The Kier molecular flexibility index (Phi) is 7.09. The van der Waals surface area contributed by atoms with E-state index in [1.807, 2.05) is 0 Å². The Hall–Kier alpha value is -3.37. The van der Waals surface area contributed by atoms with Gasteiger partial charge < -0.3 is 14.8 Å². The van der Waals surface area contributed by atoms with E-state index in [0.717, 1.165) is 22.5 Å². The molecular formula is C22H19ClF2N2O5S. The van der Waals surface area contributed by atoms with Gasteiger partial charge in [-0.3, -0.25) is 9.10 Å². The van der Waals surface area contributed by atoms with Crippen molar-refractivity contribution in [3.05, 3.63) is 76.8 Å². The quantitative estimate of drug-likeness (QED) is 0.512. The maximum absolute atomic E-state index is 13.9. The van der Waals surface area contributed by atoms with Gasteiger partial charge in [-0.25, -0.2) is 17.2 Å². The minimum absolute atomic E-state index is 0.0482. The largest absolute Gasteiger partial charge is 0.495 e. The molecule has 3 aromatic carbocycles. The van der Waals surface area contributed by atoms with Crippen LogP contribution < -0.4 is 19.1 Å². The van der Waals surface area contributed by atoms with Crippen molar-refractivity contribution in [1.29, 1.82) is 0 Å². The summed E-state index contributed by atoms with van der Waals surface area (Å²) in [4.78, 5) is 12.4. The molecule has 11 heteroatoms. The van der Waals surface area contributed by atoms with Gasteiger partial charge in [0.05, 0.1) is 35.5 Å². The fourth-order valence-electron chi connectivity index (χ4n) is 2.96. The Morgan fingerprint density at radius 3 is 2.33 bits per heavy atom. The van der Waals surface area contributed by atoms with Gasteiger partial charge in [0.2, 0.25) is 0 Å². The number of carbonyl (C=O) groups excluding carboxylic acids is 1. The highest BCUT2D eigenvalue weighted by Gasteiger charge is 2.26. The van der Waals surface area contributed by atoms with Crippen molar-refractivity contribution in [2.45, 2.75) is 4.90 Å². The van der Waals surface area contributed by atoms with Crippen molar-refractivity contribution in [2.75, 3.05) is 30.9 Å². The number of ether oxygens (including phenoxy) is 2. The number of hydrogen-bond acceptors (Lipinski definition) is 5. The predicted octanol–water partition coefficient (Wildman–Crippen LogP) is 4.71. The van der Waals surface area contributed by atoms with Gasteiger partial charge in [-0.15, -0.1) is 0 Å². The lowest BCUT2D eigenvalue weighted by Crippen LogP contribution is -2.27. The van der Waals surface area contributed by atoms with Crippen LogP contribution in [-0.4, -0.2) is 35.6 Å². The van der Waals surface area contributed by atoms with Gasteiger partial charge in [0, 0.05) is 24.7 Å². The number of sulfonamides is 1. The number of halogens is 3. The summed E-state index contributed by atoms with van der Waals surface area (Å²) in [5.41, 5.74) is -0.149. The summed E-state index contributed by atoms with van der Waals surface area (Å²) in [6.45, 7) is 0. The molecule has 0 bridgehead atoms. The second-order valence-electron chi connectivity index (χ2n) is 6.74. The van der Waals surface area contributed by atoms with Gasteiger partial charge in [-0.2, -0.15) is 0 Å². The summed E-state index contributed by atoms with van der Waals surface area (Å²) in [5.74, 6) is -2.03. The van der Waals surface area contributed by atoms with E-state index in [1.54, 1.807) is 0 Å². The maximum atomic E-state index is 13.9. The lowest BCUT2D eigenvalue weighted by molar-refractivity contribution is 0.102. The average molecular weight is 497 g/mol. The van der Waals surface area contributed by atoms with Crippen molar-refractivity contribution in [3.8, 4) is 11.5 Å². The zero-order valence-corrected chi connectivity index (χ0v) is 19.3. The second kappa shape index (κ2) is 9.63. The molecule has 33 heavy (non-hydrogen) atoms. The summed E-state index contributed by atoms with van der Waals surface area (Å²) in [5, 5.41) is 2.46. The van der Waals surface area contributed by atoms with Crippen LogP contribution in [0.25, 0.3) is 0 Å². The highest BCUT2D eigenvalue weighted by Crippen LogP contribution is 2.39. The molecule has 0 saturated carbocycles. The molecule has 3 aromatic rings. The molecule has 0 radical (unpaired) electrons. The Morgan fingerprint density at radius 1 is 1.00 bits per heavy atom. The third-order valence-corrected chi connectivity index (χ3v) is 6.79. The molecule has 0 spiro atoms. The van der Waals surface area contributed by atoms with Crippen molar-refractivity contribution in [1.82, 2.24) is 0 Å². The molecule has 0 aromatic heterocycles. The number of nitrogens with one attached hydrogen (secondary N) is 1. The lowest BCUT2D eigenvalue weighted by Gasteiger charge is -2.23. The highest BCUT2D eigenvalue weighted by atomic mass is 35.5. The minimum atomic E-state index is -4.15. The lowest BCUT2D eigenvalue weighted by atomic mass is 10.2. The first kappa shape index (κ1) is 24.3. The third kappa shape index (κ3) is 5.01. The van der Waals surface area contributed by atoms with Crippen LogP contribution in [0, 0.1) is 11.6 Å². The Balaban J connectivity index is 1.94. The molecule has 0 heterocycles. The molecule has 7 nitrogen and oxygen atoms in total. The molecule has 3 rings (SSSR count). The van der Waals surface area contributed by atoms with Crippen LogP contribution in [0.4, 0.5) is 20.2 Å². The number of nitrogens with zero attached hydrogens (tertiary/aromatic N) is 1. The van der Waals surface area contributed by atoms with Crippen LogP contribution in [0.3, 0.4) is 0 Å². The van der Waals surface area contributed by atoms with Gasteiger partial charge in [-0.05, 0) is 36.4 Å². The number of hydrogen-bond donors (Lipinski definition) is 1. The van der Waals surface area contributed by atoms with Gasteiger partial charge in [-0.1, -0.05) is 17.7 Å². The first-order valence-electron chi connectivity index (χ1n) is 9.35. The molecule has 0 aliphatic rings. The van der Waals surface area contributed by atoms with Crippen LogP contribution in [0.15, 0.2) is 59.5 Å². The smallest absolute Gasteiger partial charge is 0.264 e. The number of anilines is 2. The van der Waals surface area contributed by atoms with Crippen molar-refractivity contribution >= 4 is 38.9 Å². The first-order valence-corrected chi connectivity index (χ1v) is 11.2. The van der Waals surface area contributed by atoms with E-state index in [9.17, 15) is 22.0 Å². The SMILES string of the molecule is COc1cc(OC)c(N(C)S(=O)(=O)c2cccc(C(=O)Nc3ccc(F)cc3F)c2)cc1Cl. The van der Waals surface area contributed by atoms with Crippen LogP contribution in [0.5, 0.6) is 11.5 Å². The Labute approximate surface area is 194 Å². The monoisotopic (exact) mass is 496 g/mol. The standard InChI is InChI=1S/C22H19ClF2N2O5S/c1-27(19-11-16(23)20(31-2)12-21(19)32-3)33(29,30)15-6-4-5-13(9-15)22(28)26-18-8-7-14(24)10-17(18)25/h4-12H,1-3H3,(H,26,28). The predicted molar refractivity (Wildman–Crippen MR) is 121 cm³/mol. The fourth-order valence-corrected chi connectivity index (χ4v) is 4.44. The maximum Gasteiger partial charge on any atom is 0.264 e. The van der Waals surface area contributed by atoms with E-state index >= 15 is 0 Å². The van der Waals surface area contributed by atoms with Gasteiger partial charge in [0.15, 0.2) is 0 Å². The van der Waals surface area contributed by atoms with E-state index in [-0.39, 0.29) is 32.6 Å². The molecule has 174 valence electrons. The molecule has 0 aliphatic heterocycles. The number of amides is 1. The zero-order chi connectivity index (χ0) is 24.3. The topological polar surface area (TPSA) is 84.9 Å². The molecular weight excluding hydrogens is 478 g/mol. The second-order valence-corrected chi connectivity index (χ2v) is 9.11. The van der Waals surface area contributed by atoms with Crippen LogP contribution in [0.1, 0.15) is 10.4 Å². The van der Waals surface area contributed by atoms with E-state index in [0.29, 0.717) is 11.8 Å². The molecule has 0 unspecified atom stereocenters. The summed E-state index contributed by atoms with van der Waals surface area (Å²) in [6, 6.07) is 10.7.